The molecule has 1 aromatic heterocycles. The van der Waals surface area contributed by atoms with E-state index in [1.165, 1.54) is 75.1 Å². The van der Waals surface area contributed by atoms with Gasteiger partial charge in [0, 0.05) is 37.1 Å². The van der Waals surface area contributed by atoms with Gasteiger partial charge in [0.2, 0.25) is 0 Å². The van der Waals surface area contributed by atoms with Crippen molar-refractivity contribution in [1.29, 1.82) is 0 Å². The van der Waals surface area contributed by atoms with E-state index in [0.29, 0.717) is 0 Å². The van der Waals surface area contributed by atoms with Crippen molar-refractivity contribution in [2.45, 2.75) is 0 Å². The highest BCUT2D eigenvalue weighted by Crippen LogP contribution is 2.43. The number of anilines is 3. The van der Waals surface area contributed by atoms with Gasteiger partial charge in [-0.15, -0.1) is 11.3 Å². The maximum absolute atomic E-state index is 2.39. The average molecular weight is 680 g/mol. The molecule has 10 aromatic rings. The largest absolute Gasteiger partial charge is 0.310 e. The average Bonchev–Trinajstić information content (AvgIpc) is 3.61. The Bertz CT molecular complexity index is 2880. The van der Waals surface area contributed by atoms with E-state index in [0.717, 1.165) is 17.1 Å². The van der Waals surface area contributed by atoms with Crippen molar-refractivity contribution < 1.29 is 0 Å². The summed E-state index contributed by atoms with van der Waals surface area (Å²) in [5, 5.41) is 7.79. The number of fused-ring (bicyclic) bond motifs is 6. The zero-order chi connectivity index (χ0) is 34.4. The van der Waals surface area contributed by atoms with Crippen LogP contribution in [0.3, 0.4) is 0 Å². The molecule has 0 atom stereocenters. The number of rotatable bonds is 6. The summed E-state index contributed by atoms with van der Waals surface area (Å²) in [4.78, 5) is 2.39. The van der Waals surface area contributed by atoms with Crippen molar-refractivity contribution >= 4 is 70.1 Å². The summed E-state index contributed by atoms with van der Waals surface area (Å²) in [7, 11) is 0. The minimum absolute atomic E-state index is 1.11. The number of para-hydroxylation sites is 1. The van der Waals surface area contributed by atoms with Crippen LogP contribution in [0.5, 0.6) is 0 Å². The second kappa shape index (κ2) is 12.7. The fourth-order valence-corrected chi connectivity index (χ4v) is 8.88. The number of hydrogen-bond donors (Lipinski definition) is 0. The summed E-state index contributed by atoms with van der Waals surface area (Å²) in [6, 6.07) is 72.8. The predicted molar refractivity (Wildman–Crippen MR) is 225 cm³/mol. The van der Waals surface area contributed by atoms with E-state index >= 15 is 0 Å². The Hall–Kier alpha value is -6.48. The van der Waals surface area contributed by atoms with E-state index in [9.17, 15) is 0 Å². The van der Waals surface area contributed by atoms with Crippen molar-refractivity contribution in [1.82, 2.24) is 0 Å². The first kappa shape index (κ1) is 30.4. The third kappa shape index (κ3) is 5.24. The molecule has 1 heterocycles. The molecule has 0 bridgehead atoms. The van der Waals surface area contributed by atoms with E-state index in [1.807, 2.05) is 11.3 Å². The second-order valence-corrected chi connectivity index (χ2v) is 14.4. The monoisotopic (exact) mass is 679 g/mol. The highest BCUT2D eigenvalue weighted by molar-refractivity contribution is 7.26. The van der Waals surface area contributed by atoms with Gasteiger partial charge >= 0.3 is 0 Å². The van der Waals surface area contributed by atoms with Crippen LogP contribution in [0.25, 0.3) is 75.1 Å². The van der Waals surface area contributed by atoms with Gasteiger partial charge in [0.1, 0.15) is 0 Å². The minimum atomic E-state index is 1.11. The van der Waals surface area contributed by atoms with Crippen LogP contribution in [-0.4, -0.2) is 0 Å². The highest BCUT2D eigenvalue weighted by Gasteiger charge is 2.18. The van der Waals surface area contributed by atoms with Gasteiger partial charge in [0.05, 0.1) is 5.69 Å². The molecule has 0 saturated carbocycles. The lowest BCUT2D eigenvalue weighted by molar-refractivity contribution is 1.28. The number of hydrogen-bond acceptors (Lipinski definition) is 2. The van der Waals surface area contributed by atoms with E-state index in [1.54, 1.807) is 0 Å². The fourth-order valence-electron chi connectivity index (χ4n) is 7.76. The first-order valence-electron chi connectivity index (χ1n) is 17.8. The minimum Gasteiger partial charge on any atom is -0.310 e. The molecule has 0 radical (unpaired) electrons. The molecule has 0 N–H and O–H groups in total. The molecule has 2 heteroatoms. The van der Waals surface area contributed by atoms with Crippen molar-refractivity contribution in [2.24, 2.45) is 0 Å². The molecule has 0 aliphatic rings. The molecule has 52 heavy (non-hydrogen) atoms. The Kier molecular flexibility index (Phi) is 7.41. The summed E-state index contributed by atoms with van der Waals surface area (Å²) < 4.78 is 2.68. The Labute approximate surface area is 307 Å². The van der Waals surface area contributed by atoms with Crippen molar-refractivity contribution in [3.05, 3.63) is 200 Å². The molecule has 0 saturated heterocycles. The van der Waals surface area contributed by atoms with Crippen LogP contribution in [0, 0.1) is 0 Å². The molecule has 0 aliphatic heterocycles. The third-order valence-electron chi connectivity index (χ3n) is 10.3. The summed E-state index contributed by atoms with van der Waals surface area (Å²) in [6.07, 6.45) is 0. The van der Waals surface area contributed by atoms with Crippen LogP contribution in [0.1, 0.15) is 0 Å². The van der Waals surface area contributed by atoms with E-state index in [4.69, 9.17) is 0 Å². The van der Waals surface area contributed by atoms with Gasteiger partial charge in [-0.25, -0.2) is 0 Å². The van der Waals surface area contributed by atoms with Gasteiger partial charge in [0.15, 0.2) is 0 Å². The smallest absolute Gasteiger partial charge is 0.0540 e. The SMILES string of the molecule is c1ccc(-c2ccccc2N(c2ccc(-c3ccc4c(ccc5sc6ccccc6c54)c3)cc2)c2ccc(-c3cccc4ccccc34)cc2)cc1. The summed E-state index contributed by atoms with van der Waals surface area (Å²) in [5.74, 6) is 0. The molecule has 0 spiro atoms. The van der Waals surface area contributed by atoms with Crippen LogP contribution in [0.2, 0.25) is 0 Å². The quantitative estimate of drug-likeness (QED) is 0.169. The Morgan fingerprint density at radius 3 is 1.77 bits per heavy atom. The standard InChI is InChI=1S/C50H33NS/c1-2-11-36(12-3-1)44-16-6-8-19-47(44)51(41-29-23-37(24-30-41)43-18-10-14-35-13-4-5-15-42(35)43)40-27-21-34(22-28-40)38-25-31-45-39(33-38)26-32-49-50(45)46-17-7-9-20-48(46)52-49/h1-33H. The summed E-state index contributed by atoms with van der Waals surface area (Å²) in [5.41, 5.74) is 10.6. The molecule has 244 valence electrons. The molecule has 9 aromatic carbocycles. The molecule has 0 unspecified atom stereocenters. The van der Waals surface area contributed by atoms with E-state index < -0.39 is 0 Å². The molecule has 1 nitrogen and oxygen atoms in total. The molecule has 10 rings (SSSR count). The van der Waals surface area contributed by atoms with E-state index in [2.05, 4.69) is 205 Å². The molecule has 0 fully saturated rings. The Morgan fingerprint density at radius 2 is 0.942 bits per heavy atom. The topological polar surface area (TPSA) is 3.24 Å². The lowest BCUT2D eigenvalue weighted by Crippen LogP contribution is -2.11. The first-order chi connectivity index (χ1) is 25.8. The molecule has 0 amide bonds. The fraction of sp³-hybridized carbons (Fsp3) is 0. The van der Waals surface area contributed by atoms with Crippen LogP contribution >= 0.6 is 11.3 Å². The number of nitrogens with zero attached hydrogens (tertiary/aromatic N) is 1. The zero-order valence-electron chi connectivity index (χ0n) is 28.4. The maximum Gasteiger partial charge on any atom is 0.0540 e. The summed E-state index contributed by atoms with van der Waals surface area (Å²) in [6.45, 7) is 0. The van der Waals surface area contributed by atoms with Gasteiger partial charge in [-0.05, 0) is 97.9 Å². The number of thiophene rings is 1. The third-order valence-corrected chi connectivity index (χ3v) is 11.4. The second-order valence-electron chi connectivity index (χ2n) is 13.3. The Balaban J connectivity index is 1.07. The van der Waals surface area contributed by atoms with E-state index in [-0.39, 0.29) is 0 Å². The number of benzene rings is 9. The highest BCUT2D eigenvalue weighted by atomic mass is 32.1. The van der Waals surface area contributed by atoms with Gasteiger partial charge in [-0.2, -0.15) is 0 Å². The lowest BCUT2D eigenvalue weighted by Gasteiger charge is -2.28. The van der Waals surface area contributed by atoms with Crippen molar-refractivity contribution in [2.75, 3.05) is 4.90 Å². The van der Waals surface area contributed by atoms with Crippen molar-refractivity contribution in [3.63, 3.8) is 0 Å². The van der Waals surface area contributed by atoms with Crippen LogP contribution in [0.4, 0.5) is 17.1 Å². The van der Waals surface area contributed by atoms with Crippen molar-refractivity contribution in [3.8, 4) is 33.4 Å². The van der Waals surface area contributed by atoms with Gasteiger partial charge in [-0.1, -0.05) is 152 Å². The normalized spacial score (nSPS) is 11.5. The van der Waals surface area contributed by atoms with Gasteiger partial charge in [-0.3, -0.25) is 0 Å². The molecular formula is C50H33NS. The van der Waals surface area contributed by atoms with Crippen LogP contribution in [-0.2, 0) is 0 Å². The lowest BCUT2D eigenvalue weighted by atomic mass is 9.97. The summed E-state index contributed by atoms with van der Waals surface area (Å²) >= 11 is 1.87. The first-order valence-corrected chi connectivity index (χ1v) is 18.6. The van der Waals surface area contributed by atoms with Gasteiger partial charge < -0.3 is 4.90 Å². The zero-order valence-corrected chi connectivity index (χ0v) is 29.2. The van der Waals surface area contributed by atoms with Crippen LogP contribution in [0.15, 0.2) is 200 Å². The van der Waals surface area contributed by atoms with Crippen LogP contribution < -0.4 is 4.90 Å². The molecule has 0 aliphatic carbocycles. The Morgan fingerprint density at radius 1 is 0.327 bits per heavy atom. The molecular weight excluding hydrogens is 647 g/mol. The predicted octanol–water partition coefficient (Wildman–Crippen LogP) is 14.8. The van der Waals surface area contributed by atoms with Gasteiger partial charge in [0.25, 0.3) is 0 Å². The maximum atomic E-state index is 2.39.